The van der Waals surface area contributed by atoms with Gasteiger partial charge in [-0.05, 0) is 43.3 Å². The van der Waals surface area contributed by atoms with Gasteiger partial charge in [0.2, 0.25) is 0 Å². The monoisotopic (exact) mass is 547 g/mol. The van der Waals surface area contributed by atoms with Gasteiger partial charge in [-0.25, -0.2) is 4.79 Å². The van der Waals surface area contributed by atoms with E-state index in [1.54, 1.807) is 13.0 Å². The number of anilines is 1. The molecule has 0 saturated heterocycles. The molecule has 0 bridgehead atoms. The highest BCUT2D eigenvalue weighted by Gasteiger charge is 2.30. The second-order valence-corrected chi connectivity index (χ2v) is 8.58. The number of aromatic nitrogens is 2. The lowest BCUT2D eigenvalue weighted by Gasteiger charge is -2.12. The number of thiophene rings is 1. The average molecular weight is 548 g/mol. The maximum absolute atomic E-state index is 13.5. The van der Waals surface area contributed by atoms with Crippen LogP contribution in [-0.4, -0.2) is 42.5 Å². The number of benzene rings is 2. The molecule has 0 saturated carbocycles. The number of esters is 1. The molecule has 38 heavy (non-hydrogen) atoms. The normalized spacial score (nSPS) is 11.3. The quantitative estimate of drug-likeness (QED) is 0.328. The van der Waals surface area contributed by atoms with Crippen molar-refractivity contribution in [3.63, 3.8) is 0 Å². The van der Waals surface area contributed by atoms with Crippen LogP contribution in [0.5, 0.6) is 11.5 Å². The first kappa shape index (κ1) is 26.7. The van der Waals surface area contributed by atoms with Crippen LogP contribution in [0.25, 0.3) is 16.5 Å². The average Bonchev–Trinajstić information content (AvgIpc) is 3.32. The second kappa shape index (κ2) is 10.5. The van der Waals surface area contributed by atoms with E-state index in [4.69, 9.17) is 14.2 Å². The molecular weight excluding hydrogens is 527 g/mol. The number of methoxy groups -OCH3 is 2. The molecule has 0 fully saturated rings. The van der Waals surface area contributed by atoms with E-state index in [1.165, 1.54) is 31.7 Å². The third-order valence-corrected chi connectivity index (χ3v) is 6.34. The zero-order valence-corrected chi connectivity index (χ0v) is 21.0. The van der Waals surface area contributed by atoms with Crippen molar-refractivity contribution in [2.24, 2.45) is 0 Å². The minimum Gasteiger partial charge on any atom is -0.497 e. The highest BCUT2D eigenvalue weighted by atomic mass is 32.1. The SMILES string of the molecule is CCOC(=O)c1nn(-c2ccc(C(F)(F)F)cc2)c(=O)c2c(NC(=O)c3ccc(OC)cc3OC)scc12. The molecule has 2 heterocycles. The van der Waals surface area contributed by atoms with Crippen molar-refractivity contribution in [1.29, 1.82) is 0 Å². The molecule has 0 unspecified atom stereocenters. The number of fused-ring (bicyclic) bond motifs is 1. The third kappa shape index (κ3) is 5.05. The molecule has 198 valence electrons. The lowest BCUT2D eigenvalue weighted by atomic mass is 10.1. The largest absolute Gasteiger partial charge is 0.497 e. The summed E-state index contributed by atoms with van der Waals surface area (Å²) in [6, 6.07) is 8.27. The summed E-state index contributed by atoms with van der Waals surface area (Å²) in [4.78, 5) is 39.3. The van der Waals surface area contributed by atoms with Crippen molar-refractivity contribution in [2.45, 2.75) is 13.1 Å². The zero-order chi connectivity index (χ0) is 27.6. The maximum Gasteiger partial charge on any atom is 0.416 e. The number of rotatable bonds is 7. The summed E-state index contributed by atoms with van der Waals surface area (Å²) >= 11 is 0.973. The number of alkyl halides is 3. The number of hydrogen-bond donors (Lipinski definition) is 1. The molecule has 0 aliphatic rings. The molecule has 1 amide bonds. The summed E-state index contributed by atoms with van der Waals surface area (Å²) in [5.41, 5.74) is -1.78. The van der Waals surface area contributed by atoms with Gasteiger partial charge in [0, 0.05) is 16.8 Å². The molecule has 2 aromatic carbocycles. The molecule has 1 N–H and O–H groups in total. The van der Waals surface area contributed by atoms with Crippen molar-refractivity contribution in [2.75, 3.05) is 26.1 Å². The van der Waals surface area contributed by atoms with Gasteiger partial charge in [0.1, 0.15) is 16.5 Å². The van der Waals surface area contributed by atoms with Crippen LogP contribution in [-0.2, 0) is 10.9 Å². The zero-order valence-electron chi connectivity index (χ0n) is 20.2. The molecule has 0 radical (unpaired) electrons. The van der Waals surface area contributed by atoms with Crippen LogP contribution in [0.4, 0.5) is 18.2 Å². The number of carbonyl (C=O) groups is 2. The maximum atomic E-state index is 13.5. The van der Waals surface area contributed by atoms with E-state index in [-0.39, 0.29) is 45.1 Å². The van der Waals surface area contributed by atoms with E-state index < -0.39 is 29.2 Å². The lowest BCUT2D eigenvalue weighted by molar-refractivity contribution is -0.137. The Labute approximate surface area is 217 Å². The first-order valence-corrected chi connectivity index (χ1v) is 11.9. The van der Waals surface area contributed by atoms with E-state index in [9.17, 15) is 27.6 Å². The van der Waals surface area contributed by atoms with Crippen molar-refractivity contribution < 1.29 is 37.0 Å². The fraction of sp³-hybridized carbons (Fsp3) is 0.200. The van der Waals surface area contributed by atoms with Crippen LogP contribution >= 0.6 is 11.3 Å². The molecule has 13 heteroatoms. The Hall–Kier alpha value is -4.39. The Morgan fingerprint density at radius 3 is 2.39 bits per heavy atom. The van der Waals surface area contributed by atoms with E-state index in [2.05, 4.69) is 10.4 Å². The van der Waals surface area contributed by atoms with Gasteiger partial charge >= 0.3 is 12.1 Å². The van der Waals surface area contributed by atoms with Gasteiger partial charge in [0.25, 0.3) is 11.5 Å². The molecule has 0 spiro atoms. The van der Waals surface area contributed by atoms with Crippen LogP contribution in [0.3, 0.4) is 0 Å². The molecule has 0 aliphatic heterocycles. The van der Waals surface area contributed by atoms with Gasteiger partial charge in [0.05, 0.1) is 43.0 Å². The Balaban J connectivity index is 1.85. The summed E-state index contributed by atoms with van der Waals surface area (Å²) < 4.78 is 55.4. The van der Waals surface area contributed by atoms with Crippen LogP contribution in [0.15, 0.2) is 52.6 Å². The number of nitrogens with one attached hydrogen (secondary N) is 1. The molecule has 2 aromatic heterocycles. The summed E-state index contributed by atoms with van der Waals surface area (Å²) in [6.45, 7) is 1.61. The van der Waals surface area contributed by atoms with Gasteiger partial charge in [0.15, 0.2) is 5.69 Å². The highest BCUT2D eigenvalue weighted by Crippen LogP contribution is 2.33. The van der Waals surface area contributed by atoms with Crippen molar-refractivity contribution in [3.8, 4) is 17.2 Å². The summed E-state index contributed by atoms with van der Waals surface area (Å²) in [5.74, 6) is -0.766. The summed E-state index contributed by atoms with van der Waals surface area (Å²) in [5, 5.41) is 8.37. The van der Waals surface area contributed by atoms with Gasteiger partial charge < -0.3 is 19.5 Å². The first-order valence-electron chi connectivity index (χ1n) is 11.0. The third-order valence-electron chi connectivity index (χ3n) is 5.44. The number of halogens is 3. The van der Waals surface area contributed by atoms with Crippen LogP contribution in [0.2, 0.25) is 0 Å². The molecular formula is C25H20F3N3O6S. The smallest absolute Gasteiger partial charge is 0.416 e. The Morgan fingerprint density at radius 1 is 1.08 bits per heavy atom. The van der Waals surface area contributed by atoms with Gasteiger partial charge in [-0.1, -0.05) is 0 Å². The summed E-state index contributed by atoms with van der Waals surface area (Å²) in [7, 11) is 2.84. The van der Waals surface area contributed by atoms with Crippen molar-refractivity contribution in [1.82, 2.24) is 9.78 Å². The second-order valence-electron chi connectivity index (χ2n) is 7.70. The van der Waals surface area contributed by atoms with E-state index in [0.29, 0.717) is 5.75 Å². The minimum atomic E-state index is -4.58. The molecule has 0 aliphatic carbocycles. The van der Waals surface area contributed by atoms with Crippen LogP contribution in [0, 0.1) is 0 Å². The Morgan fingerprint density at radius 2 is 1.79 bits per heavy atom. The van der Waals surface area contributed by atoms with Gasteiger partial charge in [-0.15, -0.1) is 11.3 Å². The number of ether oxygens (including phenoxy) is 3. The number of carbonyl (C=O) groups excluding carboxylic acids is 2. The van der Waals surface area contributed by atoms with E-state index >= 15 is 0 Å². The summed E-state index contributed by atoms with van der Waals surface area (Å²) in [6.07, 6.45) is -4.58. The number of hydrogen-bond acceptors (Lipinski definition) is 8. The Kier molecular flexibility index (Phi) is 7.39. The van der Waals surface area contributed by atoms with Crippen LogP contribution < -0.4 is 20.3 Å². The first-order chi connectivity index (χ1) is 18.1. The fourth-order valence-electron chi connectivity index (χ4n) is 3.62. The fourth-order valence-corrected chi connectivity index (χ4v) is 4.55. The number of amides is 1. The molecule has 4 aromatic rings. The van der Waals surface area contributed by atoms with Crippen molar-refractivity contribution >= 4 is 39.0 Å². The molecule has 9 nitrogen and oxygen atoms in total. The van der Waals surface area contributed by atoms with E-state index in [1.807, 2.05) is 0 Å². The van der Waals surface area contributed by atoms with Gasteiger partial charge in [-0.3, -0.25) is 9.59 Å². The minimum absolute atomic E-state index is 0.0178. The highest BCUT2D eigenvalue weighted by molar-refractivity contribution is 7.16. The number of nitrogens with zero attached hydrogens (tertiary/aromatic N) is 2. The van der Waals surface area contributed by atoms with E-state index in [0.717, 1.165) is 40.3 Å². The van der Waals surface area contributed by atoms with Gasteiger partial charge in [-0.2, -0.15) is 23.0 Å². The van der Waals surface area contributed by atoms with Crippen molar-refractivity contribution in [3.05, 3.63) is 75.0 Å². The van der Waals surface area contributed by atoms with Crippen LogP contribution in [0.1, 0.15) is 33.3 Å². The lowest BCUT2D eigenvalue weighted by Crippen LogP contribution is -2.25. The molecule has 0 atom stereocenters. The molecule has 4 rings (SSSR count). The predicted molar refractivity (Wildman–Crippen MR) is 134 cm³/mol. The Bertz CT molecular complexity index is 1580. The predicted octanol–water partition coefficient (Wildman–Crippen LogP) is 4.91. The standard InChI is InChI=1S/C25H20F3N3O6S/c1-4-37-24(34)20-17-12-38-22(29-21(32)16-10-9-15(35-2)11-18(16)36-3)19(17)23(33)31(30-20)14-7-5-13(6-8-14)25(26,27)28/h5-12H,4H2,1-3H3,(H,29,32). The topological polar surface area (TPSA) is 109 Å².